The zero-order valence-corrected chi connectivity index (χ0v) is 12.4. The fourth-order valence-corrected chi connectivity index (χ4v) is 2.10. The molecule has 0 spiro atoms. The number of hydrogen-bond donors (Lipinski definition) is 0. The van der Waals surface area contributed by atoms with Crippen LogP contribution in [0.15, 0.2) is 52.9 Å². The van der Waals surface area contributed by atoms with Gasteiger partial charge in [-0.15, -0.1) is 10.2 Å². The molecule has 1 heterocycles. The van der Waals surface area contributed by atoms with E-state index in [1.165, 1.54) is 5.56 Å². The van der Waals surface area contributed by atoms with Gasteiger partial charge in [0.15, 0.2) is 0 Å². The Morgan fingerprint density at radius 2 is 1.33 bits per heavy atom. The van der Waals surface area contributed by atoms with E-state index in [1.54, 1.807) is 0 Å². The normalized spacial score (nSPS) is 11.6. The van der Waals surface area contributed by atoms with Crippen LogP contribution in [0.4, 0.5) is 0 Å². The van der Waals surface area contributed by atoms with E-state index in [0.29, 0.717) is 11.8 Å². The standard InChI is InChI=1S/C18H17N2O/c1-18(2,3)15-11-9-14(10-12-15)17-20-19-16(21-17)13-7-5-4-6-8-13/h5-12H,1-3H3. The van der Waals surface area contributed by atoms with Crippen molar-refractivity contribution in [3.8, 4) is 22.9 Å². The van der Waals surface area contributed by atoms with Gasteiger partial charge in [0.25, 0.3) is 0 Å². The molecule has 0 bridgehead atoms. The van der Waals surface area contributed by atoms with Crippen molar-refractivity contribution < 1.29 is 4.42 Å². The lowest BCUT2D eigenvalue weighted by atomic mass is 9.87. The third-order valence-corrected chi connectivity index (χ3v) is 3.39. The Hall–Kier alpha value is -2.42. The summed E-state index contributed by atoms with van der Waals surface area (Å²) >= 11 is 0. The van der Waals surface area contributed by atoms with Crippen LogP contribution in [-0.4, -0.2) is 10.2 Å². The molecule has 21 heavy (non-hydrogen) atoms. The Morgan fingerprint density at radius 3 is 1.86 bits per heavy atom. The van der Waals surface area contributed by atoms with E-state index >= 15 is 0 Å². The lowest BCUT2D eigenvalue weighted by Gasteiger charge is -2.18. The minimum absolute atomic E-state index is 0.138. The summed E-state index contributed by atoms with van der Waals surface area (Å²) in [7, 11) is 0. The van der Waals surface area contributed by atoms with Crippen molar-refractivity contribution in [3.05, 3.63) is 60.2 Å². The summed E-state index contributed by atoms with van der Waals surface area (Å²) < 4.78 is 5.75. The van der Waals surface area contributed by atoms with Crippen molar-refractivity contribution in [2.45, 2.75) is 26.2 Å². The Labute approximate surface area is 124 Å². The molecule has 0 aliphatic heterocycles. The monoisotopic (exact) mass is 277 g/mol. The van der Waals surface area contributed by atoms with Gasteiger partial charge in [-0.05, 0) is 41.3 Å². The minimum Gasteiger partial charge on any atom is -0.416 e. The SMILES string of the molecule is CC(C)(C)c1ccc(-c2nnc(-c3cc[c]cc3)o2)cc1. The van der Waals surface area contributed by atoms with Crippen LogP contribution in [0.1, 0.15) is 26.3 Å². The maximum absolute atomic E-state index is 5.75. The number of rotatable bonds is 2. The van der Waals surface area contributed by atoms with Gasteiger partial charge in [0, 0.05) is 11.1 Å². The molecule has 3 heteroatoms. The maximum Gasteiger partial charge on any atom is 0.248 e. The molecule has 2 aromatic carbocycles. The van der Waals surface area contributed by atoms with Gasteiger partial charge in [-0.25, -0.2) is 0 Å². The molecule has 3 aromatic rings. The molecule has 0 saturated carbocycles. The zero-order chi connectivity index (χ0) is 14.9. The Bertz CT molecular complexity index is 722. The number of hydrogen-bond acceptors (Lipinski definition) is 3. The summed E-state index contributed by atoms with van der Waals surface area (Å²) in [6.45, 7) is 6.58. The number of aromatic nitrogens is 2. The molecule has 3 rings (SSSR count). The molecular formula is C18H17N2O. The average Bonchev–Trinajstić information content (AvgIpc) is 2.97. The van der Waals surface area contributed by atoms with E-state index in [9.17, 15) is 0 Å². The van der Waals surface area contributed by atoms with Crippen LogP contribution in [0.2, 0.25) is 0 Å². The summed E-state index contributed by atoms with van der Waals surface area (Å²) in [6.07, 6.45) is 0. The van der Waals surface area contributed by atoms with E-state index in [-0.39, 0.29) is 5.41 Å². The van der Waals surface area contributed by atoms with E-state index in [1.807, 2.05) is 36.4 Å². The molecule has 3 nitrogen and oxygen atoms in total. The average molecular weight is 277 g/mol. The van der Waals surface area contributed by atoms with Crippen molar-refractivity contribution in [1.29, 1.82) is 0 Å². The van der Waals surface area contributed by atoms with Crippen LogP contribution in [0.5, 0.6) is 0 Å². The molecule has 0 N–H and O–H groups in total. The summed E-state index contributed by atoms with van der Waals surface area (Å²) in [6, 6.07) is 18.7. The molecule has 0 amide bonds. The largest absolute Gasteiger partial charge is 0.416 e. The first-order valence-electron chi connectivity index (χ1n) is 6.95. The second-order valence-electron chi connectivity index (χ2n) is 6.03. The van der Waals surface area contributed by atoms with Crippen molar-refractivity contribution >= 4 is 0 Å². The molecule has 1 aromatic heterocycles. The molecule has 0 atom stereocenters. The topological polar surface area (TPSA) is 38.9 Å². The van der Waals surface area contributed by atoms with Crippen LogP contribution in [-0.2, 0) is 5.41 Å². The summed E-state index contributed by atoms with van der Waals surface area (Å²) in [4.78, 5) is 0. The smallest absolute Gasteiger partial charge is 0.248 e. The van der Waals surface area contributed by atoms with Crippen LogP contribution in [0.3, 0.4) is 0 Å². The molecule has 0 saturated heterocycles. The van der Waals surface area contributed by atoms with E-state index < -0.39 is 0 Å². The third kappa shape index (κ3) is 2.87. The zero-order valence-electron chi connectivity index (χ0n) is 12.4. The molecular weight excluding hydrogens is 260 g/mol. The van der Waals surface area contributed by atoms with Crippen LogP contribution in [0, 0.1) is 6.07 Å². The summed E-state index contributed by atoms with van der Waals surface area (Å²) in [5, 5.41) is 8.23. The molecule has 105 valence electrons. The van der Waals surface area contributed by atoms with Crippen molar-refractivity contribution in [2.24, 2.45) is 0 Å². The highest BCUT2D eigenvalue weighted by molar-refractivity contribution is 5.58. The van der Waals surface area contributed by atoms with Gasteiger partial charge in [-0.2, -0.15) is 0 Å². The van der Waals surface area contributed by atoms with Gasteiger partial charge >= 0.3 is 0 Å². The fraction of sp³-hybridized carbons (Fsp3) is 0.222. The minimum atomic E-state index is 0.138. The quantitative estimate of drug-likeness (QED) is 0.692. The van der Waals surface area contributed by atoms with E-state index in [4.69, 9.17) is 4.42 Å². The van der Waals surface area contributed by atoms with Crippen LogP contribution >= 0.6 is 0 Å². The highest BCUT2D eigenvalue weighted by Gasteiger charge is 2.15. The highest BCUT2D eigenvalue weighted by atomic mass is 16.4. The summed E-state index contributed by atoms with van der Waals surface area (Å²) in [5.74, 6) is 1.07. The Balaban J connectivity index is 1.90. The fourth-order valence-electron chi connectivity index (χ4n) is 2.10. The van der Waals surface area contributed by atoms with Crippen molar-refractivity contribution in [1.82, 2.24) is 10.2 Å². The maximum atomic E-state index is 5.75. The number of nitrogens with zero attached hydrogens (tertiary/aromatic N) is 2. The second-order valence-corrected chi connectivity index (χ2v) is 6.03. The van der Waals surface area contributed by atoms with Gasteiger partial charge < -0.3 is 4.42 Å². The summed E-state index contributed by atoms with van der Waals surface area (Å²) in [5.41, 5.74) is 3.26. The van der Waals surface area contributed by atoms with E-state index in [2.05, 4.69) is 49.2 Å². The highest BCUT2D eigenvalue weighted by Crippen LogP contribution is 2.27. The van der Waals surface area contributed by atoms with Crippen LogP contribution in [0.25, 0.3) is 22.9 Å². The van der Waals surface area contributed by atoms with Gasteiger partial charge in [0.05, 0.1) is 0 Å². The third-order valence-electron chi connectivity index (χ3n) is 3.39. The first kappa shape index (κ1) is 13.6. The van der Waals surface area contributed by atoms with Crippen molar-refractivity contribution in [3.63, 3.8) is 0 Å². The molecule has 0 aliphatic carbocycles. The van der Waals surface area contributed by atoms with Gasteiger partial charge in [0.1, 0.15) is 0 Å². The van der Waals surface area contributed by atoms with Gasteiger partial charge in [0.2, 0.25) is 11.8 Å². The molecule has 0 aliphatic rings. The first-order chi connectivity index (χ1) is 10.0. The van der Waals surface area contributed by atoms with Crippen molar-refractivity contribution in [2.75, 3.05) is 0 Å². The Morgan fingerprint density at radius 1 is 0.810 bits per heavy atom. The molecule has 0 fully saturated rings. The Kier molecular flexibility index (Phi) is 3.34. The van der Waals surface area contributed by atoms with Gasteiger partial charge in [-0.1, -0.05) is 45.0 Å². The van der Waals surface area contributed by atoms with Gasteiger partial charge in [-0.3, -0.25) is 0 Å². The van der Waals surface area contributed by atoms with Crippen LogP contribution < -0.4 is 0 Å². The first-order valence-corrected chi connectivity index (χ1v) is 6.95. The predicted octanol–water partition coefficient (Wildman–Crippen LogP) is 4.50. The van der Waals surface area contributed by atoms with E-state index in [0.717, 1.165) is 11.1 Å². The lowest BCUT2D eigenvalue weighted by molar-refractivity contribution is 0.582. The second kappa shape index (κ2) is 5.17. The molecule has 1 radical (unpaired) electrons. The molecule has 0 unspecified atom stereocenters. The number of benzene rings is 2. The lowest BCUT2D eigenvalue weighted by Crippen LogP contribution is -2.10. The predicted molar refractivity (Wildman–Crippen MR) is 82.7 cm³/mol.